The summed E-state index contributed by atoms with van der Waals surface area (Å²) < 4.78 is 55.4. The number of sulfone groups is 1. The number of amides is 2. The standard InChI is InChI=1S/C35H44ClF2N3O5S.ClH/c1-4-8-30(9-5-2)47(45,46)22-32(41-34(43)26-12-7-13-27(36)18-26)35(44)40-31(17-25-15-28(37)19-29(38)16-25)33(42)21-39-20-24-11-6-10-23(3)14-24;/h6-7,10-16,18-19,30-33,39,42H,4-5,8-9,17,20-22H2,1-3H3,(H,40,44)(H,41,43);1H/t31-,32-,33+;/m0./s1. The molecule has 3 aromatic carbocycles. The lowest BCUT2D eigenvalue weighted by molar-refractivity contribution is -0.124. The zero-order valence-corrected chi connectivity index (χ0v) is 29.7. The van der Waals surface area contributed by atoms with Crippen LogP contribution in [0.2, 0.25) is 5.02 Å². The molecule has 0 aliphatic heterocycles. The van der Waals surface area contributed by atoms with E-state index in [9.17, 15) is 31.9 Å². The van der Waals surface area contributed by atoms with Crippen LogP contribution in [0, 0.1) is 18.6 Å². The highest BCUT2D eigenvalue weighted by Crippen LogP contribution is 2.18. The second-order valence-corrected chi connectivity index (χ2v) is 14.6. The monoisotopic (exact) mass is 727 g/mol. The maximum absolute atomic E-state index is 14.1. The van der Waals surface area contributed by atoms with E-state index in [0.717, 1.165) is 23.3 Å². The minimum absolute atomic E-state index is 0. The Morgan fingerprint density at radius 1 is 0.896 bits per heavy atom. The van der Waals surface area contributed by atoms with Gasteiger partial charge >= 0.3 is 0 Å². The molecule has 0 fully saturated rings. The highest BCUT2D eigenvalue weighted by atomic mass is 35.5. The second-order valence-electron chi connectivity index (χ2n) is 11.8. The van der Waals surface area contributed by atoms with Crippen LogP contribution in [0.5, 0.6) is 0 Å². The zero-order valence-electron chi connectivity index (χ0n) is 27.3. The van der Waals surface area contributed by atoms with Gasteiger partial charge in [-0.2, -0.15) is 0 Å². The number of hydrogen-bond acceptors (Lipinski definition) is 6. The lowest BCUT2D eigenvalue weighted by Crippen LogP contribution is -2.57. The van der Waals surface area contributed by atoms with Crippen molar-refractivity contribution in [3.63, 3.8) is 0 Å². The summed E-state index contributed by atoms with van der Waals surface area (Å²) in [5.74, 6) is -3.91. The predicted octanol–water partition coefficient (Wildman–Crippen LogP) is 5.71. The number of rotatable bonds is 18. The van der Waals surface area contributed by atoms with Crippen LogP contribution in [0.3, 0.4) is 0 Å². The van der Waals surface area contributed by atoms with Crippen molar-refractivity contribution in [3.8, 4) is 0 Å². The first-order valence-corrected chi connectivity index (χ1v) is 17.9. The number of benzene rings is 3. The van der Waals surface area contributed by atoms with Gasteiger partial charge in [0.1, 0.15) is 17.7 Å². The fourth-order valence-corrected chi connectivity index (χ4v) is 7.80. The first-order valence-electron chi connectivity index (χ1n) is 15.8. The van der Waals surface area contributed by atoms with Crippen LogP contribution < -0.4 is 16.0 Å². The van der Waals surface area contributed by atoms with Gasteiger partial charge < -0.3 is 21.1 Å². The average molecular weight is 729 g/mol. The van der Waals surface area contributed by atoms with E-state index in [4.69, 9.17) is 11.6 Å². The minimum Gasteiger partial charge on any atom is -0.390 e. The van der Waals surface area contributed by atoms with Crippen molar-refractivity contribution >= 4 is 45.7 Å². The maximum atomic E-state index is 14.1. The molecule has 264 valence electrons. The van der Waals surface area contributed by atoms with Gasteiger partial charge in [-0.15, -0.1) is 12.4 Å². The third-order valence-corrected chi connectivity index (χ3v) is 10.3. The molecule has 48 heavy (non-hydrogen) atoms. The molecular weight excluding hydrogens is 683 g/mol. The van der Waals surface area contributed by atoms with E-state index in [1.54, 1.807) is 12.1 Å². The van der Waals surface area contributed by atoms with E-state index in [1.807, 2.05) is 45.0 Å². The van der Waals surface area contributed by atoms with Gasteiger partial charge in [0.15, 0.2) is 9.84 Å². The third-order valence-electron chi connectivity index (χ3n) is 7.77. The predicted molar refractivity (Wildman–Crippen MR) is 188 cm³/mol. The molecule has 0 aromatic heterocycles. The van der Waals surface area contributed by atoms with Crippen molar-refractivity contribution in [2.45, 2.75) is 82.9 Å². The average Bonchev–Trinajstić information content (AvgIpc) is 2.99. The van der Waals surface area contributed by atoms with Crippen molar-refractivity contribution < 1.29 is 31.9 Å². The van der Waals surface area contributed by atoms with Crippen LogP contribution in [-0.4, -0.2) is 61.1 Å². The van der Waals surface area contributed by atoms with Gasteiger partial charge in [-0.05, 0) is 67.6 Å². The largest absolute Gasteiger partial charge is 0.390 e. The molecule has 0 bridgehead atoms. The SMILES string of the molecule is CCCC(CCC)S(=O)(=O)C[C@H](NC(=O)c1cccc(Cl)c1)C(=O)N[C@@H](Cc1cc(F)cc(F)c1)[C@H](O)CNCc1cccc(C)c1.Cl. The van der Waals surface area contributed by atoms with E-state index >= 15 is 0 Å². The lowest BCUT2D eigenvalue weighted by Gasteiger charge is -2.28. The Morgan fingerprint density at radius 3 is 2.15 bits per heavy atom. The highest BCUT2D eigenvalue weighted by Gasteiger charge is 2.34. The fourth-order valence-electron chi connectivity index (χ4n) is 5.45. The van der Waals surface area contributed by atoms with Crippen LogP contribution in [0.25, 0.3) is 0 Å². The smallest absolute Gasteiger partial charge is 0.252 e. The molecule has 2 amide bonds. The summed E-state index contributed by atoms with van der Waals surface area (Å²) in [6, 6.07) is 14.0. The lowest BCUT2D eigenvalue weighted by atomic mass is 10.00. The van der Waals surface area contributed by atoms with Gasteiger partial charge in [0.25, 0.3) is 5.91 Å². The number of hydrogen-bond donors (Lipinski definition) is 4. The number of aliphatic hydroxyl groups excluding tert-OH is 1. The van der Waals surface area contributed by atoms with Crippen molar-refractivity contribution in [1.29, 1.82) is 0 Å². The van der Waals surface area contributed by atoms with Gasteiger partial charge in [-0.1, -0.05) is 74.2 Å². The number of halogens is 4. The molecule has 0 aliphatic rings. The first-order chi connectivity index (χ1) is 22.3. The molecule has 3 atom stereocenters. The van der Waals surface area contributed by atoms with Crippen molar-refractivity contribution in [1.82, 2.24) is 16.0 Å². The molecule has 0 heterocycles. The Balaban J connectivity index is 0.00000800. The van der Waals surface area contributed by atoms with Gasteiger partial charge in [0, 0.05) is 29.7 Å². The summed E-state index contributed by atoms with van der Waals surface area (Å²) in [6.07, 6.45) is 0.582. The van der Waals surface area contributed by atoms with Crippen LogP contribution in [0.1, 0.15) is 66.6 Å². The van der Waals surface area contributed by atoms with Gasteiger partial charge in [0.2, 0.25) is 5.91 Å². The van der Waals surface area contributed by atoms with E-state index in [1.165, 1.54) is 12.1 Å². The quantitative estimate of drug-likeness (QED) is 0.133. The zero-order chi connectivity index (χ0) is 34.6. The molecule has 13 heteroatoms. The Morgan fingerprint density at radius 2 is 1.54 bits per heavy atom. The molecule has 0 aliphatic carbocycles. The Bertz CT molecular complexity index is 1590. The van der Waals surface area contributed by atoms with Crippen molar-refractivity contribution in [3.05, 3.63) is 106 Å². The van der Waals surface area contributed by atoms with Crippen LogP contribution in [0.15, 0.2) is 66.7 Å². The molecule has 0 unspecified atom stereocenters. The van der Waals surface area contributed by atoms with E-state index in [-0.39, 0.29) is 41.5 Å². The number of aliphatic hydroxyl groups is 1. The topological polar surface area (TPSA) is 125 Å². The second kappa shape index (κ2) is 19.8. The normalized spacial score (nSPS) is 13.3. The van der Waals surface area contributed by atoms with E-state index in [2.05, 4.69) is 16.0 Å². The Labute approximate surface area is 293 Å². The van der Waals surface area contributed by atoms with Gasteiger partial charge in [-0.3, -0.25) is 9.59 Å². The first kappa shape index (κ1) is 41.1. The van der Waals surface area contributed by atoms with Gasteiger partial charge in [0.05, 0.1) is 23.1 Å². The summed E-state index contributed by atoms with van der Waals surface area (Å²) in [5, 5.41) is 19.2. The van der Waals surface area contributed by atoms with Crippen molar-refractivity contribution in [2.75, 3.05) is 12.3 Å². The molecule has 3 aromatic rings. The molecule has 0 radical (unpaired) electrons. The molecule has 3 rings (SSSR count). The molecule has 0 spiro atoms. The number of aryl methyl sites for hydroxylation is 1. The number of carbonyl (C=O) groups is 2. The summed E-state index contributed by atoms with van der Waals surface area (Å²) >= 11 is 6.05. The van der Waals surface area contributed by atoms with Crippen molar-refractivity contribution in [2.24, 2.45) is 0 Å². The number of nitrogens with one attached hydrogen (secondary N) is 3. The maximum Gasteiger partial charge on any atom is 0.252 e. The summed E-state index contributed by atoms with van der Waals surface area (Å²) in [7, 11) is -3.88. The Hall–Kier alpha value is -3.09. The van der Waals surface area contributed by atoms with Gasteiger partial charge in [-0.25, -0.2) is 17.2 Å². The van der Waals surface area contributed by atoms with E-state index < -0.39 is 62.5 Å². The van der Waals surface area contributed by atoms with E-state index in [0.29, 0.717) is 38.3 Å². The Kier molecular flexibility index (Phi) is 16.9. The third kappa shape index (κ3) is 13.1. The van der Waals surface area contributed by atoms with Crippen LogP contribution in [-0.2, 0) is 27.6 Å². The van der Waals surface area contributed by atoms with Crippen LogP contribution >= 0.6 is 24.0 Å². The van der Waals surface area contributed by atoms with Crippen LogP contribution in [0.4, 0.5) is 8.78 Å². The summed E-state index contributed by atoms with van der Waals surface area (Å²) in [6.45, 7) is 6.09. The number of carbonyl (C=O) groups excluding carboxylic acids is 2. The molecule has 4 N–H and O–H groups in total. The summed E-state index contributed by atoms with van der Waals surface area (Å²) in [4.78, 5) is 27.1. The fraction of sp³-hybridized carbons (Fsp3) is 0.429. The molecule has 0 saturated carbocycles. The molecular formula is C35H45Cl2F2N3O5S. The highest BCUT2D eigenvalue weighted by molar-refractivity contribution is 7.92. The summed E-state index contributed by atoms with van der Waals surface area (Å²) in [5.41, 5.74) is 2.32. The molecule has 0 saturated heterocycles. The molecule has 8 nitrogen and oxygen atoms in total. The minimum atomic E-state index is -3.88.